The van der Waals surface area contributed by atoms with E-state index in [9.17, 15) is 17.6 Å². The van der Waals surface area contributed by atoms with E-state index in [0.29, 0.717) is 18.5 Å². The van der Waals surface area contributed by atoms with Gasteiger partial charge in [-0.25, -0.2) is 17.8 Å². The van der Waals surface area contributed by atoms with E-state index in [1.54, 1.807) is 29.2 Å². The second-order valence-electron chi connectivity index (χ2n) is 7.06. The van der Waals surface area contributed by atoms with Gasteiger partial charge < -0.3 is 5.32 Å². The van der Waals surface area contributed by atoms with Crippen LogP contribution in [0.4, 0.5) is 15.8 Å². The molecule has 1 aromatic heterocycles. The highest BCUT2D eigenvalue weighted by molar-refractivity contribution is 8.01. The minimum absolute atomic E-state index is 0.0741. The molecular weight excluding hydrogens is 481 g/mol. The maximum absolute atomic E-state index is 13.8. The van der Waals surface area contributed by atoms with E-state index in [-0.39, 0.29) is 16.5 Å². The summed E-state index contributed by atoms with van der Waals surface area (Å²) in [5, 5.41) is 2.72. The van der Waals surface area contributed by atoms with Crippen molar-refractivity contribution < 1.29 is 17.6 Å². The lowest BCUT2D eigenvalue weighted by Crippen LogP contribution is -2.15. The summed E-state index contributed by atoms with van der Waals surface area (Å²) in [6.07, 6.45) is 0.946. The van der Waals surface area contributed by atoms with Crippen molar-refractivity contribution in [2.45, 2.75) is 22.1 Å². The highest BCUT2D eigenvalue weighted by Gasteiger charge is 2.17. The van der Waals surface area contributed by atoms with Gasteiger partial charge in [-0.2, -0.15) is 0 Å². The molecule has 0 spiro atoms. The Morgan fingerprint density at radius 2 is 1.82 bits per heavy atom. The molecule has 6 nitrogen and oxygen atoms in total. The molecule has 4 rings (SSSR count). The Balaban J connectivity index is 1.30. The van der Waals surface area contributed by atoms with Gasteiger partial charge in [0.1, 0.15) is 5.82 Å². The number of thiazole rings is 1. The van der Waals surface area contributed by atoms with E-state index in [1.807, 2.05) is 24.3 Å². The Hall–Kier alpha value is -2.95. The van der Waals surface area contributed by atoms with Crippen LogP contribution in [0.5, 0.6) is 0 Å². The van der Waals surface area contributed by atoms with Crippen molar-refractivity contribution in [3.63, 3.8) is 0 Å². The first-order chi connectivity index (χ1) is 15.9. The van der Waals surface area contributed by atoms with Gasteiger partial charge in [0.15, 0.2) is 4.34 Å². The summed E-state index contributed by atoms with van der Waals surface area (Å²) in [5.74, 6) is -0.139. The molecule has 0 saturated carbocycles. The molecule has 4 aromatic rings. The zero-order valence-corrected chi connectivity index (χ0v) is 19.8. The highest BCUT2D eigenvalue weighted by atomic mass is 32.2. The van der Waals surface area contributed by atoms with Crippen LogP contribution in [-0.2, 0) is 14.8 Å². The number of nitrogens with zero attached hydrogens (tertiary/aromatic N) is 1. The summed E-state index contributed by atoms with van der Waals surface area (Å²) in [4.78, 5) is 16.8. The number of anilines is 2. The summed E-state index contributed by atoms with van der Waals surface area (Å²) in [6.45, 7) is 0. The quantitative estimate of drug-likeness (QED) is 0.225. The van der Waals surface area contributed by atoms with Crippen molar-refractivity contribution in [2.24, 2.45) is 0 Å². The predicted octanol–water partition coefficient (Wildman–Crippen LogP) is 5.75. The second kappa shape index (κ2) is 10.3. The van der Waals surface area contributed by atoms with Crippen LogP contribution in [0, 0.1) is 5.82 Å². The van der Waals surface area contributed by atoms with Crippen molar-refractivity contribution in [1.82, 2.24) is 4.98 Å². The smallest absolute Gasteiger partial charge is 0.262 e. The standard InChI is InChI=1S/C23H20FN3O3S3/c24-18-9-1-2-10-19(18)27-33(29,30)17-8-5-7-16(15-17)25-22(28)13-6-14-31-23-26-20-11-3-4-12-21(20)32-23/h1-5,7-12,15,27H,6,13-14H2,(H,25,28). The normalized spacial score (nSPS) is 11.4. The minimum Gasteiger partial charge on any atom is -0.326 e. The number of benzene rings is 3. The van der Waals surface area contributed by atoms with Crippen LogP contribution in [0.2, 0.25) is 0 Å². The number of hydrogen-bond acceptors (Lipinski definition) is 6. The summed E-state index contributed by atoms with van der Waals surface area (Å²) in [6, 6.07) is 19.3. The van der Waals surface area contributed by atoms with Crippen LogP contribution < -0.4 is 10.0 Å². The number of carbonyl (C=O) groups excluding carboxylic acids is 1. The number of rotatable bonds is 9. The lowest BCUT2D eigenvalue weighted by Gasteiger charge is -2.11. The Morgan fingerprint density at radius 3 is 2.64 bits per heavy atom. The lowest BCUT2D eigenvalue weighted by atomic mass is 10.3. The number of hydrogen-bond donors (Lipinski definition) is 2. The molecule has 3 aromatic carbocycles. The molecule has 0 aliphatic rings. The van der Waals surface area contributed by atoms with Crippen LogP contribution in [0.15, 0.2) is 82.0 Å². The molecule has 1 amide bonds. The first-order valence-electron chi connectivity index (χ1n) is 10.1. The number of halogens is 1. The van der Waals surface area contributed by atoms with Gasteiger partial charge in [0.25, 0.3) is 10.0 Å². The molecule has 10 heteroatoms. The van der Waals surface area contributed by atoms with Crippen LogP contribution in [0.25, 0.3) is 10.2 Å². The minimum atomic E-state index is -4.01. The summed E-state index contributed by atoms with van der Waals surface area (Å²) in [7, 11) is -4.01. The Labute approximate surface area is 199 Å². The number of fused-ring (bicyclic) bond motifs is 1. The largest absolute Gasteiger partial charge is 0.326 e. The van der Waals surface area contributed by atoms with E-state index in [0.717, 1.165) is 20.3 Å². The van der Waals surface area contributed by atoms with Gasteiger partial charge in [-0.15, -0.1) is 11.3 Å². The van der Waals surface area contributed by atoms with Gasteiger partial charge in [-0.3, -0.25) is 9.52 Å². The molecule has 0 radical (unpaired) electrons. The Kier molecular flexibility index (Phi) is 7.26. The van der Waals surface area contributed by atoms with E-state index in [1.165, 1.54) is 42.5 Å². The molecule has 0 aliphatic carbocycles. The first kappa shape index (κ1) is 23.2. The number of sulfonamides is 1. The molecule has 0 fully saturated rings. The molecule has 0 saturated heterocycles. The van der Waals surface area contributed by atoms with E-state index < -0.39 is 15.8 Å². The molecule has 0 unspecified atom stereocenters. The number of para-hydroxylation sites is 2. The number of aromatic nitrogens is 1. The van der Waals surface area contributed by atoms with Crippen LogP contribution in [0.1, 0.15) is 12.8 Å². The van der Waals surface area contributed by atoms with Gasteiger partial charge in [0.05, 0.1) is 20.8 Å². The third kappa shape index (κ3) is 6.10. The molecule has 0 atom stereocenters. The van der Waals surface area contributed by atoms with Crippen molar-refractivity contribution >= 4 is 60.6 Å². The Morgan fingerprint density at radius 1 is 1.03 bits per heavy atom. The van der Waals surface area contributed by atoms with E-state index >= 15 is 0 Å². The van der Waals surface area contributed by atoms with Gasteiger partial charge in [-0.05, 0) is 48.9 Å². The molecule has 1 heterocycles. The molecule has 33 heavy (non-hydrogen) atoms. The molecule has 2 N–H and O–H groups in total. The molecule has 0 aliphatic heterocycles. The fourth-order valence-electron chi connectivity index (χ4n) is 3.02. The Bertz CT molecular complexity index is 1360. The fraction of sp³-hybridized carbons (Fsp3) is 0.130. The summed E-state index contributed by atoms with van der Waals surface area (Å²) >= 11 is 3.24. The van der Waals surface area contributed by atoms with Crippen molar-refractivity contribution in [3.05, 3.63) is 78.6 Å². The topological polar surface area (TPSA) is 88.2 Å². The van der Waals surface area contributed by atoms with Gasteiger partial charge >= 0.3 is 0 Å². The van der Waals surface area contributed by atoms with E-state index in [4.69, 9.17) is 0 Å². The summed E-state index contributed by atoms with van der Waals surface area (Å²) in [5.41, 5.74) is 1.19. The predicted molar refractivity (Wildman–Crippen MR) is 132 cm³/mol. The third-order valence-corrected chi connectivity index (χ3v) is 8.22. The molecule has 170 valence electrons. The average molecular weight is 502 g/mol. The highest BCUT2D eigenvalue weighted by Crippen LogP contribution is 2.29. The maximum Gasteiger partial charge on any atom is 0.262 e. The number of carbonyl (C=O) groups is 1. The number of thioether (sulfide) groups is 1. The third-order valence-electron chi connectivity index (χ3n) is 4.59. The zero-order chi connectivity index (χ0) is 23.3. The van der Waals surface area contributed by atoms with Crippen LogP contribution >= 0.6 is 23.1 Å². The lowest BCUT2D eigenvalue weighted by molar-refractivity contribution is -0.116. The second-order valence-corrected chi connectivity index (χ2v) is 11.1. The first-order valence-corrected chi connectivity index (χ1v) is 13.3. The average Bonchev–Trinajstić information content (AvgIpc) is 3.21. The van der Waals surface area contributed by atoms with Gasteiger partial charge in [0.2, 0.25) is 5.91 Å². The fourth-order valence-corrected chi connectivity index (χ4v) is 6.21. The van der Waals surface area contributed by atoms with Gasteiger partial charge in [-0.1, -0.05) is 42.1 Å². The van der Waals surface area contributed by atoms with Crippen molar-refractivity contribution in [1.29, 1.82) is 0 Å². The van der Waals surface area contributed by atoms with E-state index in [2.05, 4.69) is 15.0 Å². The van der Waals surface area contributed by atoms with Gasteiger partial charge in [0, 0.05) is 17.9 Å². The molecular formula is C23H20FN3O3S3. The SMILES string of the molecule is O=C(CCCSc1nc2ccccc2s1)Nc1cccc(S(=O)(=O)Nc2ccccc2F)c1. The molecule has 0 bridgehead atoms. The summed E-state index contributed by atoms with van der Waals surface area (Å²) < 4.78 is 43.3. The van der Waals surface area contributed by atoms with Crippen molar-refractivity contribution in [3.8, 4) is 0 Å². The maximum atomic E-state index is 13.8. The van der Waals surface area contributed by atoms with Crippen LogP contribution in [0.3, 0.4) is 0 Å². The monoisotopic (exact) mass is 501 g/mol. The number of nitrogens with one attached hydrogen (secondary N) is 2. The van der Waals surface area contributed by atoms with Crippen molar-refractivity contribution in [2.75, 3.05) is 15.8 Å². The number of amides is 1. The van der Waals surface area contributed by atoms with Crippen LogP contribution in [-0.4, -0.2) is 25.1 Å². The zero-order valence-electron chi connectivity index (χ0n) is 17.3.